The molecule has 0 spiro atoms. The van der Waals surface area contributed by atoms with Crippen LogP contribution in [0.5, 0.6) is 0 Å². The third kappa shape index (κ3) is 5.97. The first-order valence-corrected chi connectivity index (χ1v) is 19.3. The lowest BCUT2D eigenvalue weighted by Crippen LogP contribution is -2.14. The van der Waals surface area contributed by atoms with E-state index < -0.39 is 0 Å². The van der Waals surface area contributed by atoms with E-state index in [1.807, 2.05) is 0 Å². The zero-order chi connectivity index (χ0) is 37.8. The number of hydrogen-bond donors (Lipinski definition) is 0. The van der Waals surface area contributed by atoms with Crippen molar-refractivity contribution in [3.63, 3.8) is 0 Å². The lowest BCUT2D eigenvalue weighted by atomic mass is 9.91. The van der Waals surface area contributed by atoms with Crippen molar-refractivity contribution in [2.45, 2.75) is 41.5 Å². The summed E-state index contributed by atoms with van der Waals surface area (Å²) in [5.74, 6) is 0. The van der Waals surface area contributed by atoms with Gasteiger partial charge < -0.3 is 4.90 Å². The van der Waals surface area contributed by atoms with Crippen molar-refractivity contribution in [1.82, 2.24) is 0 Å². The number of aryl methyl sites for hydroxylation is 6. The van der Waals surface area contributed by atoms with Gasteiger partial charge in [0.2, 0.25) is 0 Å². The molecule has 0 heterocycles. The minimum absolute atomic E-state index is 1.18. The minimum atomic E-state index is 1.18. The van der Waals surface area contributed by atoms with Crippen molar-refractivity contribution in [3.8, 4) is 33.4 Å². The van der Waals surface area contributed by atoms with Gasteiger partial charge in [0.25, 0.3) is 0 Å². The molecule has 266 valence electrons. The molecule has 0 aliphatic heterocycles. The van der Waals surface area contributed by atoms with Gasteiger partial charge in [0, 0.05) is 17.1 Å². The third-order valence-corrected chi connectivity index (χ3v) is 11.6. The molecule has 1 heteroatoms. The Morgan fingerprint density at radius 2 is 0.564 bits per heavy atom. The van der Waals surface area contributed by atoms with Crippen molar-refractivity contribution >= 4 is 49.4 Å². The number of hydrogen-bond acceptors (Lipinski definition) is 1. The fourth-order valence-electron chi connectivity index (χ4n) is 8.87. The Hall–Kier alpha value is -6.44. The van der Waals surface area contributed by atoms with Crippen LogP contribution >= 0.6 is 0 Å². The second kappa shape index (κ2) is 13.8. The van der Waals surface area contributed by atoms with E-state index >= 15 is 0 Å². The van der Waals surface area contributed by atoms with Gasteiger partial charge in [-0.05, 0) is 177 Å². The van der Waals surface area contributed by atoms with Crippen molar-refractivity contribution < 1.29 is 0 Å². The van der Waals surface area contributed by atoms with Gasteiger partial charge >= 0.3 is 0 Å². The first kappa shape index (κ1) is 34.3. The van der Waals surface area contributed by atoms with Crippen LogP contribution in [-0.4, -0.2) is 0 Å². The van der Waals surface area contributed by atoms with Gasteiger partial charge in [-0.15, -0.1) is 0 Å². The topological polar surface area (TPSA) is 3.24 Å². The van der Waals surface area contributed by atoms with E-state index in [-0.39, 0.29) is 0 Å². The molecule has 0 bridgehead atoms. The molecule has 0 saturated heterocycles. The Kier molecular flexibility index (Phi) is 8.59. The van der Waals surface area contributed by atoms with E-state index in [2.05, 4.69) is 210 Å². The van der Waals surface area contributed by atoms with Crippen molar-refractivity contribution in [2.24, 2.45) is 0 Å². The van der Waals surface area contributed by atoms with Crippen LogP contribution in [0, 0.1) is 41.5 Å². The van der Waals surface area contributed by atoms with Crippen LogP contribution < -0.4 is 4.90 Å². The SMILES string of the molecule is Cc1cc(-c2c(C)ccc3ccccc23)ccc1N(c1ccc(-c2c(C)ccc3ccccc23)cc1C)c1ccc(-c2c(C)ccc3ccccc23)cc1C. The predicted molar refractivity (Wildman–Crippen MR) is 238 cm³/mol. The number of nitrogens with zero attached hydrogens (tertiary/aromatic N) is 1. The standard InChI is InChI=1S/C54H45N/c1-34-19-22-40-13-7-10-16-46(40)52(34)43-25-28-49(37(4)31-43)55(50-29-26-44(32-38(50)5)53-35(2)20-23-41-14-8-11-17-47(41)53)51-30-27-45(33-39(51)6)54-36(3)21-24-42-15-9-12-18-48(42)54/h7-33H,1-6H3. The Labute approximate surface area is 325 Å². The molecule has 0 aromatic heterocycles. The van der Waals surface area contributed by atoms with Crippen LogP contribution in [0.25, 0.3) is 65.7 Å². The monoisotopic (exact) mass is 707 g/mol. The Bertz CT molecular complexity index is 2630. The van der Waals surface area contributed by atoms with E-state index in [0.29, 0.717) is 0 Å². The molecule has 9 aromatic carbocycles. The highest BCUT2D eigenvalue weighted by Gasteiger charge is 2.21. The highest BCUT2D eigenvalue weighted by Crippen LogP contribution is 2.45. The molecule has 55 heavy (non-hydrogen) atoms. The first-order chi connectivity index (χ1) is 26.8. The molecule has 0 atom stereocenters. The second-order valence-corrected chi connectivity index (χ2v) is 15.3. The molecule has 0 aliphatic rings. The van der Waals surface area contributed by atoms with Crippen molar-refractivity contribution in [1.29, 1.82) is 0 Å². The van der Waals surface area contributed by atoms with Crippen molar-refractivity contribution in [2.75, 3.05) is 4.90 Å². The molecular weight excluding hydrogens is 663 g/mol. The van der Waals surface area contributed by atoms with Crippen molar-refractivity contribution in [3.05, 3.63) is 197 Å². The molecule has 0 saturated carbocycles. The Morgan fingerprint density at radius 3 is 0.855 bits per heavy atom. The number of anilines is 3. The van der Waals surface area contributed by atoms with Crippen LogP contribution in [-0.2, 0) is 0 Å². The van der Waals surface area contributed by atoms with Crippen LogP contribution in [0.4, 0.5) is 17.1 Å². The predicted octanol–water partition coefficient (Wildman–Crippen LogP) is 15.5. The summed E-state index contributed by atoms with van der Waals surface area (Å²) < 4.78 is 0. The summed E-state index contributed by atoms with van der Waals surface area (Å²) in [5, 5.41) is 7.66. The minimum Gasteiger partial charge on any atom is -0.310 e. The molecule has 0 fully saturated rings. The molecule has 9 rings (SSSR count). The van der Waals surface area contributed by atoms with E-state index in [1.165, 1.54) is 116 Å². The maximum Gasteiger partial charge on any atom is 0.0491 e. The maximum absolute atomic E-state index is 2.49. The highest BCUT2D eigenvalue weighted by molar-refractivity contribution is 6.01. The Balaban J connectivity index is 1.22. The van der Waals surface area contributed by atoms with Crippen LogP contribution in [0.3, 0.4) is 0 Å². The highest BCUT2D eigenvalue weighted by atomic mass is 15.1. The maximum atomic E-state index is 2.49. The first-order valence-electron chi connectivity index (χ1n) is 19.3. The Morgan fingerprint density at radius 1 is 0.273 bits per heavy atom. The zero-order valence-corrected chi connectivity index (χ0v) is 32.5. The van der Waals surface area contributed by atoms with Crippen LogP contribution in [0.15, 0.2) is 164 Å². The van der Waals surface area contributed by atoms with Crippen LogP contribution in [0.1, 0.15) is 33.4 Å². The summed E-state index contributed by atoms with van der Waals surface area (Å²) in [5.41, 5.74) is 18.7. The lowest BCUT2D eigenvalue weighted by molar-refractivity contribution is 1.21. The van der Waals surface area contributed by atoms with E-state index in [4.69, 9.17) is 0 Å². The van der Waals surface area contributed by atoms with Gasteiger partial charge in [-0.25, -0.2) is 0 Å². The average molecular weight is 708 g/mol. The molecule has 0 amide bonds. The quantitative estimate of drug-likeness (QED) is 0.166. The average Bonchev–Trinajstić information content (AvgIpc) is 3.19. The zero-order valence-electron chi connectivity index (χ0n) is 32.5. The van der Waals surface area contributed by atoms with E-state index in [9.17, 15) is 0 Å². The number of rotatable bonds is 6. The molecule has 0 unspecified atom stereocenters. The van der Waals surface area contributed by atoms with Gasteiger partial charge in [0.1, 0.15) is 0 Å². The fraction of sp³-hybridized carbons (Fsp3) is 0.111. The summed E-state index contributed by atoms with van der Waals surface area (Å²) >= 11 is 0. The molecular formula is C54H45N. The van der Waals surface area contributed by atoms with E-state index in [1.54, 1.807) is 0 Å². The second-order valence-electron chi connectivity index (χ2n) is 15.3. The third-order valence-electron chi connectivity index (χ3n) is 11.6. The van der Waals surface area contributed by atoms with E-state index in [0.717, 1.165) is 0 Å². The number of fused-ring (bicyclic) bond motifs is 3. The molecule has 0 N–H and O–H groups in total. The molecule has 0 radical (unpaired) electrons. The summed E-state index contributed by atoms with van der Waals surface area (Å²) in [6, 6.07) is 60.7. The summed E-state index contributed by atoms with van der Waals surface area (Å²) in [7, 11) is 0. The summed E-state index contributed by atoms with van der Waals surface area (Å²) in [6.45, 7) is 13.5. The van der Waals surface area contributed by atoms with Gasteiger partial charge in [-0.3, -0.25) is 0 Å². The molecule has 9 aromatic rings. The molecule has 0 aliphatic carbocycles. The van der Waals surface area contributed by atoms with Crippen LogP contribution in [0.2, 0.25) is 0 Å². The van der Waals surface area contributed by atoms with Gasteiger partial charge in [-0.1, -0.05) is 127 Å². The summed E-state index contributed by atoms with van der Waals surface area (Å²) in [4.78, 5) is 2.49. The smallest absolute Gasteiger partial charge is 0.0491 e. The largest absolute Gasteiger partial charge is 0.310 e. The number of benzene rings is 9. The summed E-state index contributed by atoms with van der Waals surface area (Å²) in [6.07, 6.45) is 0. The molecule has 1 nitrogen and oxygen atoms in total. The lowest BCUT2D eigenvalue weighted by Gasteiger charge is -2.31. The van der Waals surface area contributed by atoms with Gasteiger partial charge in [0.05, 0.1) is 0 Å². The van der Waals surface area contributed by atoms with Gasteiger partial charge in [-0.2, -0.15) is 0 Å². The van der Waals surface area contributed by atoms with Gasteiger partial charge in [0.15, 0.2) is 0 Å². The fourth-order valence-corrected chi connectivity index (χ4v) is 8.87. The normalized spacial score (nSPS) is 11.5.